The summed E-state index contributed by atoms with van der Waals surface area (Å²) < 4.78 is 1.24. The topological polar surface area (TPSA) is 51.8 Å². The van der Waals surface area contributed by atoms with Crippen LogP contribution in [0.15, 0.2) is 18.2 Å². The van der Waals surface area contributed by atoms with Crippen LogP contribution in [-0.4, -0.2) is 9.97 Å². The zero-order valence-electron chi connectivity index (χ0n) is 7.49. The van der Waals surface area contributed by atoms with E-state index in [-0.39, 0.29) is 0 Å². The molecule has 0 saturated heterocycles. The van der Waals surface area contributed by atoms with Crippen molar-refractivity contribution in [3.63, 3.8) is 0 Å². The van der Waals surface area contributed by atoms with Gasteiger partial charge in [0.1, 0.15) is 0 Å². The first-order valence-electron chi connectivity index (χ1n) is 4.02. The van der Waals surface area contributed by atoms with E-state index < -0.39 is 0 Å². The standard InChI is InChI=1S/C9H8IN3S/c1-5-4-6(13-9(11)12-5)7-2-3-8(10)14-7/h2-4H,1H3,(H2,11,12,13). The van der Waals surface area contributed by atoms with Gasteiger partial charge in [0.05, 0.1) is 13.5 Å². The number of aryl methyl sites for hydroxylation is 1. The molecule has 0 spiro atoms. The van der Waals surface area contributed by atoms with Crippen molar-refractivity contribution in [2.75, 3.05) is 5.73 Å². The summed E-state index contributed by atoms with van der Waals surface area (Å²) in [6.07, 6.45) is 0. The van der Waals surface area contributed by atoms with Gasteiger partial charge < -0.3 is 5.73 Å². The van der Waals surface area contributed by atoms with Gasteiger partial charge in [-0.3, -0.25) is 0 Å². The minimum absolute atomic E-state index is 0.336. The summed E-state index contributed by atoms with van der Waals surface area (Å²) in [6, 6.07) is 6.06. The van der Waals surface area contributed by atoms with E-state index in [9.17, 15) is 0 Å². The molecule has 0 radical (unpaired) electrons. The molecule has 0 atom stereocenters. The molecule has 2 N–H and O–H groups in total. The molecule has 0 amide bonds. The number of thiophene rings is 1. The molecule has 3 nitrogen and oxygen atoms in total. The van der Waals surface area contributed by atoms with Gasteiger partial charge in [0.25, 0.3) is 0 Å². The Labute approximate surface area is 99.5 Å². The minimum atomic E-state index is 0.336. The van der Waals surface area contributed by atoms with Crippen LogP contribution in [0, 0.1) is 9.81 Å². The number of nitrogens with zero attached hydrogens (tertiary/aromatic N) is 2. The maximum absolute atomic E-state index is 5.58. The van der Waals surface area contributed by atoms with Crippen LogP contribution in [0.5, 0.6) is 0 Å². The summed E-state index contributed by atoms with van der Waals surface area (Å²) in [4.78, 5) is 9.36. The lowest BCUT2D eigenvalue weighted by Crippen LogP contribution is -1.97. The van der Waals surface area contributed by atoms with Gasteiger partial charge in [0.2, 0.25) is 5.95 Å². The molecular weight excluding hydrogens is 309 g/mol. The summed E-state index contributed by atoms with van der Waals surface area (Å²) in [5.74, 6) is 0.336. The Balaban J connectivity index is 2.51. The van der Waals surface area contributed by atoms with Crippen molar-refractivity contribution < 1.29 is 0 Å². The van der Waals surface area contributed by atoms with E-state index in [1.54, 1.807) is 11.3 Å². The Kier molecular flexibility index (Phi) is 2.69. The summed E-state index contributed by atoms with van der Waals surface area (Å²) in [6.45, 7) is 1.92. The van der Waals surface area contributed by atoms with Crippen LogP contribution in [0.4, 0.5) is 5.95 Å². The smallest absolute Gasteiger partial charge is 0.220 e. The normalized spacial score (nSPS) is 10.4. The Morgan fingerprint density at radius 2 is 2.14 bits per heavy atom. The van der Waals surface area contributed by atoms with E-state index in [1.165, 1.54) is 2.88 Å². The SMILES string of the molecule is Cc1cc(-c2ccc(I)s2)nc(N)n1. The highest BCUT2D eigenvalue weighted by molar-refractivity contribution is 14.1. The molecule has 0 aliphatic carbocycles. The van der Waals surface area contributed by atoms with E-state index in [4.69, 9.17) is 5.73 Å². The zero-order valence-corrected chi connectivity index (χ0v) is 10.5. The van der Waals surface area contributed by atoms with Gasteiger partial charge in [0, 0.05) is 5.69 Å². The van der Waals surface area contributed by atoms with Crippen molar-refractivity contribution >= 4 is 39.9 Å². The number of rotatable bonds is 1. The molecule has 72 valence electrons. The van der Waals surface area contributed by atoms with E-state index in [0.717, 1.165) is 16.3 Å². The van der Waals surface area contributed by atoms with Gasteiger partial charge in [-0.2, -0.15) is 0 Å². The van der Waals surface area contributed by atoms with Crippen LogP contribution in [0.25, 0.3) is 10.6 Å². The molecule has 2 aromatic rings. The third-order valence-corrected chi connectivity index (χ3v) is 3.61. The molecule has 5 heteroatoms. The van der Waals surface area contributed by atoms with Crippen LogP contribution < -0.4 is 5.73 Å². The van der Waals surface area contributed by atoms with Crippen molar-refractivity contribution in [2.45, 2.75) is 6.92 Å². The lowest BCUT2D eigenvalue weighted by Gasteiger charge is -1.99. The lowest BCUT2D eigenvalue weighted by atomic mass is 10.3. The highest BCUT2D eigenvalue weighted by Crippen LogP contribution is 2.27. The molecule has 0 bridgehead atoms. The number of hydrogen-bond acceptors (Lipinski definition) is 4. The van der Waals surface area contributed by atoms with Gasteiger partial charge in [0.15, 0.2) is 0 Å². The largest absolute Gasteiger partial charge is 0.368 e. The number of anilines is 1. The van der Waals surface area contributed by atoms with Crippen molar-refractivity contribution in [2.24, 2.45) is 0 Å². The average molecular weight is 317 g/mol. The zero-order chi connectivity index (χ0) is 10.1. The fourth-order valence-corrected chi connectivity index (χ4v) is 2.75. The number of aromatic nitrogens is 2. The van der Waals surface area contributed by atoms with Crippen LogP contribution >= 0.6 is 33.9 Å². The highest BCUT2D eigenvalue weighted by atomic mass is 127. The van der Waals surface area contributed by atoms with Crippen LogP contribution in [0.3, 0.4) is 0 Å². The number of nitrogen functional groups attached to an aromatic ring is 1. The summed E-state index contributed by atoms with van der Waals surface area (Å²) in [7, 11) is 0. The first-order chi connectivity index (χ1) is 6.65. The molecule has 2 rings (SSSR count). The number of halogens is 1. The predicted molar refractivity (Wildman–Crippen MR) is 67.2 cm³/mol. The molecule has 0 saturated carbocycles. The monoisotopic (exact) mass is 317 g/mol. The van der Waals surface area contributed by atoms with Crippen molar-refractivity contribution in [3.05, 3.63) is 26.8 Å². The van der Waals surface area contributed by atoms with Gasteiger partial charge in [-0.05, 0) is 47.7 Å². The third kappa shape index (κ3) is 2.03. The maximum atomic E-state index is 5.58. The molecule has 2 heterocycles. The van der Waals surface area contributed by atoms with E-state index in [2.05, 4.69) is 38.6 Å². The van der Waals surface area contributed by atoms with Crippen LogP contribution in [0.2, 0.25) is 0 Å². The third-order valence-electron chi connectivity index (χ3n) is 1.70. The number of nitrogens with two attached hydrogens (primary N) is 1. The van der Waals surface area contributed by atoms with Gasteiger partial charge in [-0.1, -0.05) is 0 Å². The van der Waals surface area contributed by atoms with Gasteiger partial charge in [-0.15, -0.1) is 11.3 Å². The molecule has 0 aliphatic rings. The second kappa shape index (κ2) is 3.82. The van der Waals surface area contributed by atoms with Gasteiger partial charge in [-0.25, -0.2) is 9.97 Å². The van der Waals surface area contributed by atoms with E-state index >= 15 is 0 Å². The maximum Gasteiger partial charge on any atom is 0.220 e. The first-order valence-corrected chi connectivity index (χ1v) is 5.91. The molecule has 0 aromatic carbocycles. The molecule has 0 unspecified atom stereocenters. The molecule has 0 aliphatic heterocycles. The summed E-state index contributed by atoms with van der Waals surface area (Å²) >= 11 is 3.99. The van der Waals surface area contributed by atoms with Crippen molar-refractivity contribution in [1.29, 1.82) is 0 Å². The summed E-state index contributed by atoms with van der Waals surface area (Å²) in [5.41, 5.74) is 7.39. The fraction of sp³-hybridized carbons (Fsp3) is 0.111. The fourth-order valence-electron chi connectivity index (χ4n) is 1.17. The average Bonchev–Trinajstić information content (AvgIpc) is 2.50. The molecule has 0 fully saturated rings. The van der Waals surface area contributed by atoms with Crippen LogP contribution in [-0.2, 0) is 0 Å². The highest BCUT2D eigenvalue weighted by Gasteiger charge is 2.04. The molecule has 2 aromatic heterocycles. The Morgan fingerprint density at radius 1 is 1.36 bits per heavy atom. The van der Waals surface area contributed by atoms with E-state index in [1.807, 2.05) is 19.1 Å². The van der Waals surface area contributed by atoms with Gasteiger partial charge >= 0.3 is 0 Å². The minimum Gasteiger partial charge on any atom is -0.368 e. The molecule has 14 heavy (non-hydrogen) atoms. The van der Waals surface area contributed by atoms with E-state index in [0.29, 0.717) is 5.95 Å². The Bertz CT molecular complexity index is 447. The quantitative estimate of drug-likeness (QED) is 0.823. The van der Waals surface area contributed by atoms with Crippen LogP contribution in [0.1, 0.15) is 5.69 Å². The summed E-state index contributed by atoms with van der Waals surface area (Å²) in [5, 5.41) is 0. The Morgan fingerprint density at radius 3 is 2.71 bits per heavy atom. The lowest BCUT2D eigenvalue weighted by molar-refractivity contribution is 1.13. The Hall–Kier alpha value is -0.690. The van der Waals surface area contributed by atoms with Crippen molar-refractivity contribution in [1.82, 2.24) is 9.97 Å². The second-order valence-electron chi connectivity index (χ2n) is 2.86. The number of hydrogen-bond donors (Lipinski definition) is 1. The first kappa shape index (κ1) is 9.85. The van der Waals surface area contributed by atoms with Crippen molar-refractivity contribution in [3.8, 4) is 10.6 Å². The predicted octanol–water partition coefficient (Wildman–Crippen LogP) is 2.70. The molecular formula is C9H8IN3S. The second-order valence-corrected chi connectivity index (χ2v) is 5.83.